The van der Waals surface area contributed by atoms with E-state index in [9.17, 15) is 19.2 Å². The van der Waals surface area contributed by atoms with Crippen LogP contribution in [0, 0.1) is 0 Å². The standard InChI is InChI=1S/C16H23NO6/c1-15(2,3)22-13(20)9-10(14(21)23-16(4,5)6)17-11(18)7-8-12(17)19/h9H,7-8H2,1-6H3/b10-9-. The van der Waals surface area contributed by atoms with Gasteiger partial charge in [0.05, 0.1) is 6.08 Å². The summed E-state index contributed by atoms with van der Waals surface area (Å²) in [4.78, 5) is 48.7. The third kappa shape index (κ3) is 5.84. The van der Waals surface area contributed by atoms with Crippen LogP contribution in [-0.4, -0.2) is 39.9 Å². The second kappa shape index (κ2) is 6.52. The smallest absolute Gasteiger partial charge is 0.356 e. The molecule has 1 aliphatic heterocycles. The van der Waals surface area contributed by atoms with E-state index in [0.717, 1.165) is 6.08 Å². The van der Waals surface area contributed by atoms with Crippen molar-refractivity contribution < 1.29 is 28.7 Å². The van der Waals surface area contributed by atoms with Gasteiger partial charge in [0, 0.05) is 12.8 Å². The number of hydrogen-bond acceptors (Lipinski definition) is 6. The zero-order chi connectivity index (χ0) is 18.0. The number of esters is 2. The minimum absolute atomic E-state index is 0.00666. The van der Waals surface area contributed by atoms with E-state index in [1.807, 2.05) is 0 Å². The van der Waals surface area contributed by atoms with Crippen molar-refractivity contribution in [3.63, 3.8) is 0 Å². The first-order valence-electron chi connectivity index (χ1n) is 7.34. The number of imide groups is 1. The van der Waals surface area contributed by atoms with E-state index in [-0.39, 0.29) is 12.8 Å². The normalized spacial score (nSPS) is 16.6. The van der Waals surface area contributed by atoms with Crippen LogP contribution < -0.4 is 0 Å². The fourth-order valence-corrected chi connectivity index (χ4v) is 1.83. The molecule has 0 saturated carbocycles. The number of carbonyl (C=O) groups excluding carboxylic acids is 4. The molecule has 0 radical (unpaired) electrons. The van der Waals surface area contributed by atoms with Gasteiger partial charge >= 0.3 is 11.9 Å². The SMILES string of the molecule is CC(C)(C)OC(=O)/C=C(/C(=O)OC(C)(C)C)N1C(=O)CCC1=O. The first-order chi connectivity index (χ1) is 10.3. The fraction of sp³-hybridized carbons (Fsp3) is 0.625. The molecule has 1 rings (SSSR count). The fourth-order valence-electron chi connectivity index (χ4n) is 1.83. The van der Waals surface area contributed by atoms with Crippen molar-refractivity contribution in [2.75, 3.05) is 0 Å². The van der Waals surface area contributed by atoms with Gasteiger partial charge in [0.25, 0.3) is 0 Å². The monoisotopic (exact) mass is 325 g/mol. The topological polar surface area (TPSA) is 90.0 Å². The molecule has 23 heavy (non-hydrogen) atoms. The first-order valence-corrected chi connectivity index (χ1v) is 7.34. The largest absolute Gasteiger partial charge is 0.457 e. The molecular weight excluding hydrogens is 302 g/mol. The van der Waals surface area contributed by atoms with Crippen LogP contribution in [0.1, 0.15) is 54.4 Å². The van der Waals surface area contributed by atoms with Crippen molar-refractivity contribution in [3.05, 3.63) is 11.8 Å². The van der Waals surface area contributed by atoms with E-state index in [2.05, 4.69) is 0 Å². The highest BCUT2D eigenvalue weighted by Gasteiger charge is 2.37. The van der Waals surface area contributed by atoms with E-state index in [4.69, 9.17) is 9.47 Å². The van der Waals surface area contributed by atoms with E-state index in [0.29, 0.717) is 4.90 Å². The van der Waals surface area contributed by atoms with Crippen LogP contribution >= 0.6 is 0 Å². The Morgan fingerprint density at radius 3 is 1.74 bits per heavy atom. The molecule has 0 spiro atoms. The summed E-state index contributed by atoms with van der Waals surface area (Å²) in [6.07, 6.45) is 0.820. The highest BCUT2D eigenvalue weighted by molar-refractivity contribution is 6.11. The highest BCUT2D eigenvalue weighted by Crippen LogP contribution is 2.22. The van der Waals surface area contributed by atoms with Crippen molar-refractivity contribution in [2.24, 2.45) is 0 Å². The van der Waals surface area contributed by atoms with Gasteiger partial charge in [-0.2, -0.15) is 0 Å². The Morgan fingerprint density at radius 1 is 0.913 bits per heavy atom. The summed E-state index contributed by atoms with van der Waals surface area (Å²) in [5.74, 6) is -2.84. The molecule has 0 aromatic heterocycles. The van der Waals surface area contributed by atoms with Crippen LogP contribution in [0.4, 0.5) is 0 Å². The number of nitrogens with zero attached hydrogens (tertiary/aromatic N) is 1. The summed E-state index contributed by atoms with van der Waals surface area (Å²) >= 11 is 0. The van der Waals surface area contributed by atoms with E-state index in [1.165, 1.54) is 0 Å². The second-order valence-electron chi connectivity index (χ2n) is 7.19. The Morgan fingerprint density at radius 2 is 1.35 bits per heavy atom. The molecule has 7 heteroatoms. The number of likely N-dealkylation sites (tertiary alicyclic amines) is 1. The number of hydrogen-bond donors (Lipinski definition) is 0. The van der Waals surface area contributed by atoms with Gasteiger partial charge in [-0.05, 0) is 41.5 Å². The molecule has 1 heterocycles. The molecule has 1 aliphatic rings. The predicted molar refractivity (Wildman–Crippen MR) is 80.9 cm³/mol. The zero-order valence-corrected chi connectivity index (χ0v) is 14.4. The van der Waals surface area contributed by atoms with Crippen molar-refractivity contribution in [3.8, 4) is 0 Å². The predicted octanol–water partition coefficient (Wildman–Crippen LogP) is 1.70. The lowest BCUT2D eigenvalue weighted by Gasteiger charge is -2.24. The summed E-state index contributed by atoms with van der Waals surface area (Å²) < 4.78 is 10.3. The summed E-state index contributed by atoms with van der Waals surface area (Å²) in [7, 11) is 0. The number of amides is 2. The maximum atomic E-state index is 12.3. The zero-order valence-electron chi connectivity index (χ0n) is 14.4. The molecular formula is C16H23NO6. The highest BCUT2D eigenvalue weighted by atomic mass is 16.6. The summed E-state index contributed by atoms with van der Waals surface area (Å²) in [6, 6.07) is 0. The maximum absolute atomic E-state index is 12.3. The number of carbonyl (C=O) groups is 4. The van der Waals surface area contributed by atoms with Crippen LogP contribution in [0.5, 0.6) is 0 Å². The van der Waals surface area contributed by atoms with Gasteiger partial charge in [-0.15, -0.1) is 0 Å². The molecule has 0 aromatic carbocycles. The second-order valence-corrected chi connectivity index (χ2v) is 7.19. The van der Waals surface area contributed by atoms with Gasteiger partial charge < -0.3 is 9.47 Å². The Kier molecular flexibility index (Phi) is 5.35. The van der Waals surface area contributed by atoms with Gasteiger partial charge in [0.2, 0.25) is 11.8 Å². The van der Waals surface area contributed by atoms with Gasteiger partial charge in [0.1, 0.15) is 16.9 Å². The van der Waals surface area contributed by atoms with Crippen LogP contribution in [0.25, 0.3) is 0 Å². The van der Waals surface area contributed by atoms with Crippen LogP contribution in [0.2, 0.25) is 0 Å². The molecule has 2 amide bonds. The Hall–Kier alpha value is -2.18. The van der Waals surface area contributed by atoms with Gasteiger partial charge in [-0.3, -0.25) is 9.59 Å². The molecule has 0 N–H and O–H groups in total. The lowest BCUT2D eigenvalue weighted by Crippen LogP contribution is -2.37. The van der Waals surface area contributed by atoms with Crippen molar-refractivity contribution in [1.29, 1.82) is 0 Å². The average Bonchev–Trinajstić information content (AvgIpc) is 2.61. The van der Waals surface area contributed by atoms with Crippen LogP contribution in [0.15, 0.2) is 11.8 Å². The van der Waals surface area contributed by atoms with E-state index >= 15 is 0 Å². The van der Waals surface area contributed by atoms with Crippen molar-refractivity contribution in [2.45, 2.75) is 65.6 Å². The van der Waals surface area contributed by atoms with Crippen molar-refractivity contribution >= 4 is 23.8 Å². The quantitative estimate of drug-likeness (QED) is 0.446. The molecule has 1 fully saturated rings. The third-order valence-corrected chi connectivity index (χ3v) is 2.56. The third-order valence-electron chi connectivity index (χ3n) is 2.56. The molecule has 1 saturated heterocycles. The molecule has 0 aromatic rings. The number of ether oxygens (including phenoxy) is 2. The lowest BCUT2D eigenvalue weighted by atomic mass is 10.2. The van der Waals surface area contributed by atoms with Crippen LogP contribution in [0.3, 0.4) is 0 Å². The van der Waals surface area contributed by atoms with Crippen LogP contribution in [-0.2, 0) is 28.7 Å². The number of rotatable bonds is 3. The molecule has 128 valence electrons. The summed E-state index contributed by atoms with van der Waals surface area (Å²) in [6.45, 7) is 9.92. The Bertz CT molecular complexity index is 546. The minimum atomic E-state index is -0.924. The van der Waals surface area contributed by atoms with Crippen molar-refractivity contribution in [1.82, 2.24) is 4.90 Å². The molecule has 7 nitrogen and oxygen atoms in total. The first kappa shape index (κ1) is 18.9. The van der Waals surface area contributed by atoms with E-state index < -0.39 is 40.7 Å². The van der Waals surface area contributed by atoms with Gasteiger partial charge in [-0.1, -0.05) is 0 Å². The Balaban J connectivity index is 3.16. The van der Waals surface area contributed by atoms with E-state index in [1.54, 1.807) is 41.5 Å². The maximum Gasteiger partial charge on any atom is 0.356 e. The van der Waals surface area contributed by atoms with Gasteiger partial charge in [-0.25, -0.2) is 14.5 Å². The summed E-state index contributed by atoms with van der Waals surface area (Å²) in [5.41, 5.74) is -2.02. The minimum Gasteiger partial charge on any atom is -0.457 e. The lowest BCUT2D eigenvalue weighted by molar-refractivity contribution is -0.156. The van der Waals surface area contributed by atoms with Gasteiger partial charge in [0.15, 0.2) is 0 Å². The summed E-state index contributed by atoms with van der Waals surface area (Å²) in [5, 5.41) is 0. The molecule has 0 atom stereocenters. The molecule has 0 bridgehead atoms. The molecule has 0 aliphatic carbocycles. The molecule has 0 unspecified atom stereocenters. The average molecular weight is 325 g/mol. The Labute approximate surface area is 135 Å².